The van der Waals surface area contributed by atoms with Crippen LogP contribution in [0.5, 0.6) is 11.5 Å². The third-order valence-electron chi connectivity index (χ3n) is 2.36. The number of nitrogens with two attached hydrogens (primary N) is 1. The molecule has 94 valence electrons. The molecule has 2 nitrogen and oxygen atoms in total. The van der Waals surface area contributed by atoms with E-state index in [1.165, 1.54) is 18.2 Å². The molecule has 0 aliphatic heterocycles. The largest absolute Gasteiger partial charge is 0.455 e. The van der Waals surface area contributed by atoms with Crippen molar-refractivity contribution in [3.05, 3.63) is 57.8 Å². The number of halogens is 3. The van der Waals surface area contributed by atoms with Gasteiger partial charge in [-0.05, 0) is 36.4 Å². The molecule has 0 aromatic heterocycles. The Labute approximate surface area is 114 Å². The summed E-state index contributed by atoms with van der Waals surface area (Å²) in [6, 6.07) is 9.03. The molecular weight excluding hydrogens is 276 g/mol. The van der Waals surface area contributed by atoms with E-state index in [0.717, 1.165) is 5.56 Å². The maximum Gasteiger partial charge on any atom is 0.146 e. The molecule has 2 aromatic rings. The van der Waals surface area contributed by atoms with E-state index < -0.39 is 5.82 Å². The lowest BCUT2D eigenvalue weighted by Gasteiger charge is -2.11. The highest BCUT2D eigenvalue weighted by Crippen LogP contribution is 2.32. The van der Waals surface area contributed by atoms with Crippen LogP contribution in [0.15, 0.2) is 36.4 Å². The van der Waals surface area contributed by atoms with Crippen molar-refractivity contribution in [3.8, 4) is 11.5 Å². The van der Waals surface area contributed by atoms with Crippen LogP contribution in [-0.2, 0) is 6.54 Å². The summed E-state index contributed by atoms with van der Waals surface area (Å²) in [6.45, 7) is 0.286. The molecule has 5 heteroatoms. The molecule has 0 fully saturated rings. The zero-order chi connectivity index (χ0) is 13.1. The highest BCUT2D eigenvalue weighted by atomic mass is 35.5. The van der Waals surface area contributed by atoms with Gasteiger partial charge < -0.3 is 10.5 Å². The lowest BCUT2D eigenvalue weighted by Crippen LogP contribution is -1.99. The molecule has 0 aliphatic rings. The summed E-state index contributed by atoms with van der Waals surface area (Å²) in [4.78, 5) is 0. The van der Waals surface area contributed by atoms with Crippen LogP contribution in [0.1, 0.15) is 5.56 Å². The molecule has 0 radical (unpaired) electrons. The predicted molar refractivity (Wildman–Crippen MR) is 70.8 cm³/mol. The topological polar surface area (TPSA) is 35.2 Å². The van der Waals surface area contributed by atoms with Gasteiger partial charge in [-0.2, -0.15) is 0 Å². The highest BCUT2D eigenvalue weighted by Gasteiger charge is 2.08. The molecule has 18 heavy (non-hydrogen) atoms. The second kappa shape index (κ2) is 5.57. The smallest absolute Gasteiger partial charge is 0.146 e. The molecular formula is C13H10Cl2FNO. The molecule has 0 atom stereocenters. The number of hydrogen-bond acceptors (Lipinski definition) is 2. The van der Waals surface area contributed by atoms with E-state index >= 15 is 0 Å². The first kappa shape index (κ1) is 13.1. The maximum absolute atomic E-state index is 12.9. The Balaban J connectivity index is 2.33. The van der Waals surface area contributed by atoms with Gasteiger partial charge in [-0.25, -0.2) is 4.39 Å². The summed E-state index contributed by atoms with van der Waals surface area (Å²) < 4.78 is 18.5. The van der Waals surface area contributed by atoms with E-state index in [0.29, 0.717) is 16.5 Å². The van der Waals surface area contributed by atoms with Gasteiger partial charge >= 0.3 is 0 Å². The van der Waals surface area contributed by atoms with Gasteiger partial charge in [0.15, 0.2) is 0 Å². The molecule has 0 bridgehead atoms. The van der Waals surface area contributed by atoms with E-state index in [-0.39, 0.29) is 11.6 Å². The standard InChI is InChI=1S/C13H10Cl2FNO/c14-9-1-3-12(8(5-9)7-17)18-13-4-2-10(16)6-11(13)15/h1-6H,7,17H2. The summed E-state index contributed by atoms with van der Waals surface area (Å²) in [5.41, 5.74) is 6.36. The fraction of sp³-hybridized carbons (Fsp3) is 0.0769. The fourth-order valence-corrected chi connectivity index (χ4v) is 1.88. The molecule has 0 spiro atoms. The third-order valence-corrected chi connectivity index (χ3v) is 2.89. The lowest BCUT2D eigenvalue weighted by atomic mass is 10.2. The quantitative estimate of drug-likeness (QED) is 0.908. The van der Waals surface area contributed by atoms with Gasteiger partial charge in [0.2, 0.25) is 0 Å². The van der Waals surface area contributed by atoms with E-state index in [2.05, 4.69) is 0 Å². The molecule has 2 aromatic carbocycles. The number of rotatable bonds is 3. The van der Waals surface area contributed by atoms with Crippen LogP contribution in [0.25, 0.3) is 0 Å². The Kier molecular flexibility index (Phi) is 4.07. The van der Waals surface area contributed by atoms with Gasteiger partial charge in [0.1, 0.15) is 17.3 Å². The Morgan fingerprint density at radius 1 is 1.06 bits per heavy atom. The first-order valence-electron chi connectivity index (χ1n) is 5.21. The fourth-order valence-electron chi connectivity index (χ4n) is 1.48. The van der Waals surface area contributed by atoms with Gasteiger partial charge in [-0.1, -0.05) is 23.2 Å². The van der Waals surface area contributed by atoms with Gasteiger partial charge in [0, 0.05) is 17.1 Å². The number of benzene rings is 2. The SMILES string of the molecule is NCc1cc(Cl)ccc1Oc1ccc(F)cc1Cl. The van der Waals surface area contributed by atoms with Crippen molar-refractivity contribution in [2.45, 2.75) is 6.54 Å². The van der Waals surface area contributed by atoms with Crippen molar-refractivity contribution in [1.29, 1.82) is 0 Å². The molecule has 0 heterocycles. The summed E-state index contributed by atoms with van der Waals surface area (Å²) in [6.07, 6.45) is 0. The minimum atomic E-state index is -0.414. The Morgan fingerprint density at radius 3 is 2.44 bits per heavy atom. The van der Waals surface area contributed by atoms with Crippen molar-refractivity contribution in [3.63, 3.8) is 0 Å². The second-order valence-electron chi connectivity index (χ2n) is 3.63. The molecule has 0 amide bonds. The highest BCUT2D eigenvalue weighted by molar-refractivity contribution is 6.32. The maximum atomic E-state index is 12.9. The zero-order valence-corrected chi connectivity index (χ0v) is 10.8. The number of hydrogen-bond donors (Lipinski definition) is 1. The first-order valence-corrected chi connectivity index (χ1v) is 5.97. The van der Waals surface area contributed by atoms with Gasteiger partial charge in [-0.15, -0.1) is 0 Å². The predicted octanol–water partition coefficient (Wildman–Crippen LogP) is 4.38. The third kappa shape index (κ3) is 2.93. The first-order chi connectivity index (χ1) is 8.60. The summed E-state index contributed by atoms with van der Waals surface area (Å²) in [7, 11) is 0. The Morgan fingerprint density at radius 2 is 1.78 bits per heavy atom. The van der Waals surface area contributed by atoms with Crippen molar-refractivity contribution < 1.29 is 9.13 Å². The van der Waals surface area contributed by atoms with Crippen LogP contribution in [0.3, 0.4) is 0 Å². The summed E-state index contributed by atoms with van der Waals surface area (Å²) in [5, 5.41) is 0.779. The monoisotopic (exact) mass is 285 g/mol. The molecule has 0 aliphatic carbocycles. The Hall–Kier alpha value is -1.29. The summed E-state index contributed by atoms with van der Waals surface area (Å²) in [5.74, 6) is 0.507. The van der Waals surface area contributed by atoms with Crippen LogP contribution in [0.2, 0.25) is 10.0 Å². The lowest BCUT2D eigenvalue weighted by molar-refractivity contribution is 0.475. The van der Waals surface area contributed by atoms with Gasteiger partial charge in [0.05, 0.1) is 5.02 Å². The molecule has 0 saturated carbocycles. The Bertz CT molecular complexity index is 575. The van der Waals surface area contributed by atoms with Crippen molar-refractivity contribution in [1.82, 2.24) is 0 Å². The zero-order valence-electron chi connectivity index (χ0n) is 9.29. The van der Waals surface area contributed by atoms with Crippen molar-refractivity contribution >= 4 is 23.2 Å². The van der Waals surface area contributed by atoms with Crippen LogP contribution in [0.4, 0.5) is 4.39 Å². The van der Waals surface area contributed by atoms with Gasteiger partial charge in [-0.3, -0.25) is 0 Å². The van der Waals surface area contributed by atoms with E-state index in [4.69, 9.17) is 33.7 Å². The minimum absolute atomic E-state index is 0.202. The second-order valence-corrected chi connectivity index (χ2v) is 4.48. The van der Waals surface area contributed by atoms with Gasteiger partial charge in [0.25, 0.3) is 0 Å². The van der Waals surface area contributed by atoms with E-state index in [9.17, 15) is 4.39 Å². The molecule has 0 saturated heterocycles. The normalized spacial score (nSPS) is 10.4. The minimum Gasteiger partial charge on any atom is -0.455 e. The van der Waals surface area contributed by atoms with E-state index in [1.807, 2.05) is 0 Å². The average Bonchev–Trinajstić information content (AvgIpc) is 2.34. The number of ether oxygens (including phenoxy) is 1. The van der Waals surface area contributed by atoms with Crippen LogP contribution < -0.4 is 10.5 Å². The molecule has 2 rings (SSSR count). The van der Waals surface area contributed by atoms with Crippen molar-refractivity contribution in [2.24, 2.45) is 5.73 Å². The van der Waals surface area contributed by atoms with Crippen LogP contribution >= 0.6 is 23.2 Å². The van der Waals surface area contributed by atoms with E-state index in [1.54, 1.807) is 18.2 Å². The summed E-state index contributed by atoms with van der Waals surface area (Å²) >= 11 is 11.7. The van der Waals surface area contributed by atoms with Crippen molar-refractivity contribution in [2.75, 3.05) is 0 Å². The molecule has 2 N–H and O–H groups in total. The van der Waals surface area contributed by atoms with Crippen LogP contribution in [0, 0.1) is 5.82 Å². The average molecular weight is 286 g/mol. The molecule has 0 unspecified atom stereocenters. The van der Waals surface area contributed by atoms with Crippen LogP contribution in [-0.4, -0.2) is 0 Å².